The molecule has 1 aliphatic rings. The number of carbonyl (C=O) groups is 1. The fourth-order valence-electron chi connectivity index (χ4n) is 4.83. The summed E-state index contributed by atoms with van der Waals surface area (Å²) in [5, 5.41) is 30.2. The average molecular weight is 465 g/mol. The Morgan fingerprint density at radius 3 is 2.53 bits per heavy atom. The molecule has 0 aliphatic heterocycles. The highest BCUT2D eigenvalue weighted by Gasteiger charge is 2.46. The number of allylic oxidation sites excluding steroid dienone is 2. The van der Waals surface area contributed by atoms with Crippen LogP contribution in [0.4, 0.5) is 0 Å². The van der Waals surface area contributed by atoms with Crippen molar-refractivity contribution < 1.29 is 20.1 Å². The second-order valence-corrected chi connectivity index (χ2v) is 10.7. The molecule has 180 valence electrons. The van der Waals surface area contributed by atoms with Crippen molar-refractivity contribution in [3.63, 3.8) is 0 Å². The fraction of sp³-hybridized carbons (Fsp3) is 0.667. The van der Waals surface area contributed by atoms with E-state index in [2.05, 4.69) is 45.0 Å². The van der Waals surface area contributed by atoms with Crippen molar-refractivity contribution in [2.24, 2.45) is 0 Å². The first-order chi connectivity index (χ1) is 15.1. The molecule has 0 amide bonds. The SMILES string of the molecule is CCCCCC(O)C(C)(C)c1ccc([C@H]2[C@H](O)CC[C@@]2(Cl)C/C=C\CCCC(=O)O)cc1. The van der Waals surface area contributed by atoms with Gasteiger partial charge in [0.05, 0.1) is 17.1 Å². The van der Waals surface area contributed by atoms with Crippen LogP contribution in [-0.4, -0.2) is 38.4 Å². The van der Waals surface area contributed by atoms with Crippen molar-refractivity contribution in [2.75, 3.05) is 0 Å². The minimum Gasteiger partial charge on any atom is -0.481 e. The van der Waals surface area contributed by atoms with Gasteiger partial charge in [0, 0.05) is 17.8 Å². The second-order valence-electron chi connectivity index (χ2n) is 9.94. The van der Waals surface area contributed by atoms with E-state index in [1.165, 1.54) is 0 Å². The molecule has 1 saturated carbocycles. The molecule has 5 heteroatoms. The number of halogens is 1. The summed E-state index contributed by atoms with van der Waals surface area (Å²) in [6.07, 6.45) is 10.8. The minimum atomic E-state index is -0.772. The molecule has 1 fully saturated rings. The molecule has 4 atom stereocenters. The molecule has 0 aromatic heterocycles. The van der Waals surface area contributed by atoms with Crippen molar-refractivity contribution in [3.8, 4) is 0 Å². The molecule has 1 aliphatic carbocycles. The third-order valence-electron chi connectivity index (χ3n) is 7.11. The molecule has 1 aromatic carbocycles. The molecule has 0 heterocycles. The summed E-state index contributed by atoms with van der Waals surface area (Å²) in [5.41, 5.74) is 1.79. The number of hydrogen-bond donors (Lipinski definition) is 3. The van der Waals surface area contributed by atoms with Gasteiger partial charge in [-0.2, -0.15) is 0 Å². The predicted molar refractivity (Wildman–Crippen MR) is 131 cm³/mol. The van der Waals surface area contributed by atoms with Crippen LogP contribution in [0.25, 0.3) is 0 Å². The first-order valence-corrected chi connectivity index (χ1v) is 12.5. The smallest absolute Gasteiger partial charge is 0.303 e. The molecule has 3 N–H and O–H groups in total. The number of rotatable bonds is 13. The van der Waals surface area contributed by atoms with Crippen LogP contribution in [0, 0.1) is 0 Å². The maximum atomic E-state index is 10.8. The Hall–Kier alpha value is -1.36. The van der Waals surface area contributed by atoms with Crippen LogP contribution < -0.4 is 0 Å². The van der Waals surface area contributed by atoms with Gasteiger partial charge in [-0.15, -0.1) is 11.6 Å². The number of aliphatic hydroxyl groups is 2. The van der Waals surface area contributed by atoms with Gasteiger partial charge in [0.15, 0.2) is 0 Å². The van der Waals surface area contributed by atoms with E-state index in [-0.39, 0.29) is 17.8 Å². The summed E-state index contributed by atoms with van der Waals surface area (Å²) in [6, 6.07) is 8.26. The van der Waals surface area contributed by atoms with Gasteiger partial charge in [0.25, 0.3) is 0 Å². The molecule has 4 nitrogen and oxygen atoms in total. The van der Waals surface area contributed by atoms with Gasteiger partial charge in [-0.25, -0.2) is 0 Å². The summed E-state index contributed by atoms with van der Waals surface area (Å²) in [4.78, 5) is 10.1. The molecule has 0 spiro atoms. The average Bonchev–Trinajstić information content (AvgIpc) is 3.05. The summed E-state index contributed by atoms with van der Waals surface area (Å²) < 4.78 is 0. The van der Waals surface area contributed by atoms with Crippen LogP contribution in [0.2, 0.25) is 0 Å². The lowest BCUT2D eigenvalue weighted by Gasteiger charge is -2.33. The monoisotopic (exact) mass is 464 g/mol. The Labute approximate surface area is 198 Å². The zero-order chi connectivity index (χ0) is 23.8. The number of hydrogen-bond acceptors (Lipinski definition) is 3. The van der Waals surface area contributed by atoms with Crippen LogP contribution in [0.1, 0.15) is 102 Å². The van der Waals surface area contributed by atoms with E-state index in [0.717, 1.165) is 49.7 Å². The third kappa shape index (κ3) is 7.07. The molecule has 2 rings (SSSR count). The largest absolute Gasteiger partial charge is 0.481 e. The van der Waals surface area contributed by atoms with Crippen molar-refractivity contribution in [3.05, 3.63) is 47.5 Å². The van der Waals surface area contributed by atoms with Crippen molar-refractivity contribution in [2.45, 2.75) is 113 Å². The first-order valence-electron chi connectivity index (χ1n) is 12.1. The first kappa shape index (κ1) is 26.9. The lowest BCUT2D eigenvalue weighted by molar-refractivity contribution is -0.137. The van der Waals surface area contributed by atoms with E-state index in [9.17, 15) is 15.0 Å². The van der Waals surface area contributed by atoms with Crippen LogP contribution in [0.15, 0.2) is 36.4 Å². The molecule has 1 unspecified atom stereocenters. The Bertz CT molecular complexity index is 743. The third-order valence-corrected chi connectivity index (χ3v) is 7.69. The highest BCUT2D eigenvalue weighted by molar-refractivity contribution is 6.25. The minimum absolute atomic E-state index is 0.153. The van der Waals surface area contributed by atoms with Gasteiger partial charge >= 0.3 is 5.97 Å². The van der Waals surface area contributed by atoms with E-state index in [1.807, 2.05) is 12.2 Å². The Kier molecular flexibility index (Phi) is 10.3. The number of alkyl halides is 1. The Morgan fingerprint density at radius 2 is 1.91 bits per heavy atom. The zero-order valence-electron chi connectivity index (χ0n) is 19.9. The van der Waals surface area contributed by atoms with E-state index in [1.54, 1.807) is 0 Å². The van der Waals surface area contributed by atoms with Crippen molar-refractivity contribution in [1.29, 1.82) is 0 Å². The Morgan fingerprint density at radius 1 is 1.22 bits per heavy atom. The van der Waals surface area contributed by atoms with Crippen molar-refractivity contribution >= 4 is 17.6 Å². The maximum absolute atomic E-state index is 10.8. The van der Waals surface area contributed by atoms with Crippen LogP contribution in [0.5, 0.6) is 0 Å². The van der Waals surface area contributed by atoms with E-state index >= 15 is 0 Å². The second kappa shape index (κ2) is 12.2. The molecule has 0 saturated heterocycles. The van der Waals surface area contributed by atoms with Gasteiger partial charge in [0.1, 0.15) is 0 Å². The number of aliphatic hydroxyl groups excluding tert-OH is 2. The predicted octanol–water partition coefficient (Wildman–Crippen LogP) is 6.32. The van der Waals surface area contributed by atoms with Crippen LogP contribution in [-0.2, 0) is 10.2 Å². The summed E-state index contributed by atoms with van der Waals surface area (Å²) >= 11 is 7.04. The van der Waals surface area contributed by atoms with Gasteiger partial charge in [0.2, 0.25) is 0 Å². The molecule has 0 bridgehead atoms. The van der Waals surface area contributed by atoms with Crippen LogP contribution >= 0.6 is 11.6 Å². The lowest BCUT2D eigenvalue weighted by Crippen LogP contribution is -2.34. The normalized spacial score (nSPS) is 24.8. The number of benzene rings is 1. The zero-order valence-corrected chi connectivity index (χ0v) is 20.7. The molecule has 32 heavy (non-hydrogen) atoms. The van der Waals surface area contributed by atoms with E-state index in [4.69, 9.17) is 16.7 Å². The lowest BCUT2D eigenvalue weighted by atomic mass is 9.76. The number of aliphatic carboxylic acids is 1. The maximum Gasteiger partial charge on any atom is 0.303 e. The summed E-state index contributed by atoms with van der Waals surface area (Å²) in [5.74, 6) is -0.925. The van der Waals surface area contributed by atoms with Crippen molar-refractivity contribution in [1.82, 2.24) is 0 Å². The molecule has 1 aromatic rings. The van der Waals surface area contributed by atoms with Gasteiger partial charge in [-0.1, -0.05) is 76.5 Å². The number of unbranched alkanes of at least 4 members (excludes halogenated alkanes) is 3. The Balaban J connectivity index is 2.06. The number of carboxylic acid groups (broad SMARTS) is 1. The highest BCUT2D eigenvalue weighted by Crippen LogP contribution is 2.50. The quantitative estimate of drug-likeness (QED) is 0.181. The van der Waals surface area contributed by atoms with E-state index < -0.39 is 23.1 Å². The summed E-state index contributed by atoms with van der Waals surface area (Å²) in [7, 11) is 0. The van der Waals surface area contributed by atoms with Gasteiger partial charge in [-0.3, -0.25) is 4.79 Å². The summed E-state index contributed by atoms with van der Waals surface area (Å²) in [6.45, 7) is 6.34. The number of carboxylic acids is 1. The van der Waals surface area contributed by atoms with Crippen LogP contribution in [0.3, 0.4) is 0 Å². The van der Waals surface area contributed by atoms with E-state index in [0.29, 0.717) is 19.3 Å². The topological polar surface area (TPSA) is 77.8 Å². The molecular weight excluding hydrogens is 424 g/mol. The molecule has 0 radical (unpaired) electrons. The van der Waals surface area contributed by atoms with Gasteiger partial charge in [-0.05, 0) is 49.7 Å². The highest BCUT2D eigenvalue weighted by atomic mass is 35.5. The fourth-order valence-corrected chi connectivity index (χ4v) is 5.30. The van der Waals surface area contributed by atoms with Gasteiger partial charge < -0.3 is 15.3 Å². The molecular formula is C27H41ClO4. The standard InChI is InChI=1S/C27H41ClO4/c1-4-5-8-11-23(30)26(2,3)21-15-13-20(14-16-21)25-22(29)17-19-27(25,28)18-10-7-6-9-12-24(31)32/h7,10,13-16,22-23,25,29-30H,4-6,8-9,11-12,17-19H2,1-3H3,(H,31,32)/b10-7-/t22-,23?,25+,27+/m1/s1.